The quantitative estimate of drug-likeness (QED) is 0.586. The lowest BCUT2D eigenvalue weighted by Crippen LogP contribution is -2.41. The van der Waals surface area contributed by atoms with E-state index in [4.69, 9.17) is 0 Å². The molecule has 2 heterocycles. The number of hydrogen-bond acceptors (Lipinski definition) is 3. The highest BCUT2D eigenvalue weighted by atomic mass is 79.9. The van der Waals surface area contributed by atoms with Gasteiger partial charge in [0.25, 0.3) is 5.91 Å². The summed E-state index contributed by atoms with van der Waals surface area (Å²) in [5.74, 6) is -0.0943. The van der Waals surface area contributed by atoms with Gasteiger partial charge in [-0.25, -0.2) is 9.07 Å². The van der Waals surface area contributed by atoms with Crippen molar-refractivity contribution < 1.29 is 14.0 Å². The molecule has 0 radical (unpaired) electrons. The third-order valence-electron chi connectivity index (χ3n) is 5.43. The highest BCUT2D eigenvalue weighted by Crippen LogP contribution is 2.22. The number of nitrogens with one attached hydrogen (secondary N) is 1. The van der Waals surface area contributed by atoms with E-state index in [2.05, 4.69) is 26.3 Å². The Morgan fingerprint density at radius 1 is 1.10 bits per heavy atom. The average molecular weight is 485 g/mol. The lowest BCUT2D eigenvalue weighted by Gasteiger charge is -2.31. The summed E-state index contributed by atoms with van der Waals surface area (Å²) in [4.78, 5) is 27.1. The van der Waals surface area contributed by atoms with Gasteiger partial charge in [0.15, 0.2) is 0 Å². The minimum absolute atomic E-state index is 0.0649. The van der Waals surface area contributed by atoms with Crippen LogP contribution in [0.1, 0.15) is 28.8 Å². The number of halogens is 2. The van der Waals surface area contributed by atoms with Crippen molar-refractivity contribution >= 4 is 33.6 Å². The molecule has 8 heteroatoms. The Balaban J connectivity index is 1.33. The summed E-state index contributed by atoms with van der Waals surface area (Å²) in [6, 6.07) is 15.3. The summed E-state index contributed by atoms with van der Waals surface area (Å²) in [5.41, 5.74) is 1.53. The summed E-state index contributed by atoms with van der Waals surface area (Å²) >= 11 is 3.47. The molecule has 1 aliphatic rings. The van der Waals surface area contributed by atoms with Crippen molar-refractivity contribution in [1.29, 1.82) is 0 Å². The Hall–Kier alpha value is -3.00. The van der Waals surface area contributed by atoms with Gasteiger partial charge in [-0.1, -0.05) is 28.1 Å². The van der Waals surface area contributed by atoms with Crippen LogP contribution in [-0.4, -0.2) is 39.6 Å². The maximum atomic E-state index is 13.1. The van der Waals surface area contributed by atoms with Crippen LogP contribution in [0.2, 0.25) is 0 Å². The Kier molecular flexibility index (Phi) is 6.46. The second-order valence-electron chi connectivity index (χ2n) is 7.57. The monoisotopic (exact) mass is 484 g/mol. The molecule has 1 aromatic heterocycles. The second-order valence-corrected chi connectivity index (χ2v) is 8.48. The molecule has 0 unspecified atom stereocenters. The number of carbonyl (C=O) groups is 2. The molecule has 31 heavy (non-hydrogen) atoms. The van der Waals surface area contributed by atoms with Gasteiger partial charge in [-0.05, 0) is 54.8 Å². The molecule has 3 aromatic rings. The molecule has 1 fully saturated rings. The average Bonchev–Trinajstić information content (AvgIpc) is 3.20. The van der Waals surface area contributed by atoms with Crippen molar-refractivity contribution in [3.63, 3.8) is 0 Å². The minimum Gasteiger partial charge on any atom is -0.339 e. The van der Waals surface area contributed by atoms with Crippen molar-refractivity contribution in [2.24, 2.45) is 5.92 Å². The molecular formula is C23H22BrFN4O2. The van der Waals surface area contributed by atoms with E-state index in [1.807, 2.05) is 24.3 Å². The van der Waals surface area contributed by atoms with E-state index in [1.54, 1.807) is 21.8 Å². The molecule has 0 atom stereocenters. The SMILES string of the molecule is O=C(Nc1ccnn1Cc1cccc(Br)c1)C1CCN(C(=O)c2ccc(F)cc2)CC1. The first-order valence-electron chi connectivity index (χ1n) is 10.1. The van der Waals surface area contributed by atoms with Crippen LogP contribution in [-0.2, 0) is 11.3 Å². The van der Waals surface area contributed by atoms with E-state index in [-0.39, 0.29) is 23.5 Å². The Bertz CT molecular complexity index is 1080. The normalized spacial score (nSPS) is 14.5. The molecule has 160 valence electrons. The van der Waals surface area contributed by atoms with E-state index in [0.717, 1.165) is 10.0 Å². The fourth-order valence-corrected chi connectivity index (χ4v) is 4.17. The van der Waals surface area contributed by atoms with Crippen LogP contribution < -0.4 is 5.32 Å². The van der Waals surface area contributed by atoms with E-state index >= 15 is 0 Å². The highest BCUT2D eigenvalue weighted by molar-refractivity contribution is 9.10. The number of rotatable bonds is 5. The van der Waals surface area contributed by atoms with Crippen molar-refractivity contribution in [2.75, 3.05) is 18.4 Å². The minimum atomic E-state index is -0.369. The van der Waals surface area contributed by atoms with Crippen molar-refractivity contribution in [2.45, 2.75) is 19.4 Å². The summed E-state index contributed by atoms with van der Waals surface area (Å²) < 4.78 is 15.8. The maximum Gasteiger partial charge on any atom is 0.253 e. The topological polar surface area (TPSA) is 67.2 Å². The van der Waals surface area contributed by atoms with Crippen LogP contribution in [0.25, 0.3) is 0 Å². The van der Waals surface area contributed by atoms with Crippen LogP contribution in [0.5, 0.6) is 0 Å². The van der Waals surface area contributed by atoms with Gasteiger partial charge >= 0.3 is 0 Å². The summed E-state index contributed by atoms with van der Waals surface area (Å²) in [7, 11) is 0. The number of benzene rings is 2. The predicted octanol–water partition coefficient (Wildman–Crippen LogP) is 4.32. The number of carbonyl (C=O) groups excluding carboxylic acids is 2. The number of hydrogen-bond donors (Lipinski definition) is 1. The predicted molar refractivity (Wildman–Crippen MR) is 119 cm³/mol. The van der Waals surface area contributed by atoms with Gasteiger partial charge in [0.05, 0.1) is 12.7 Å². The van der Waals surface area contributed by atoms with E-state index in [9.17, 15) is 14.0 Å². The number of nitrogens with zero attached hydrogens (tertiary/aromatic N) is 3. The highest BCUT2D eigenvalue weighted by Gasteiger charge is 2.28. The number of aromatic nitrogens is 2. The van der Waals surface area contributed by atoms with Gasteiger partial charge in [-0.15, -0.1) is 0 Å². The standard InChI is InChI=1S/C23H22BrFN4O2/c24-19-3-1-2-16(14-19)15-29-21(8-11-26-29)27-22(30)17-9-12-28(13-10-17)23(31)18-4-6-20(25)7-5-18/h1-8,11,14,17H,9-10,12-13,15H2,(H,27,30). The number of amides is 2. The third-order valence-corrected chi connectivity index (χ3v) is 5.93. The first-order chi connectivity index (χ1) is 15.0. The van der Waals surface area contributed by atoms with Gasteiger partial charge in [-0.3, -0.25) is 9.59 Å². The third kappa shape index (κ3) is 5.19. The van der Waals surface area contributed by atoms with Crippen LogP contribution in [0.15, 0.2) is 65.3 Å². The fourth-order valence-electron chi connectivity index (χ4n) is 3.72. The van der Waals surface area contributed by atoms with E-state index in [1.165, 1.54) is 24.3 Å². The molecule has 6 nitrogen and oxygen atoms in total. The summed E-state index contributed by atoms with van der Waals surface area (Å²) in [6.07, 6.45) is 2.83. The van der Waals surface area contributed by atoms with E-state index < -0.39 is 0 Å². The maximum absolute atomic E-state index is 13.1. The Morgan fingerprint density at radius 2 is 1.84 bits per heavy atom. The molecule has 1 saturated heterocycles. The zero-order valence-electron chi connectivity index (χ0n) is 16.8. The molecule has 4 rings (SSSR count). The van der Waals surface area contributed by atoms with Crippen molar-refractivity contribution in [3.05, 3.63) is 82.2 Å². The Morgan fingerprint density at radius 3 is 2.55 bits per heavy atom. The molecule has 1 aliphatic heterocycles. The van der Waals surface area contributed by atoms with Gasteiger partial charge < -0.3 is 10.2 Å². The molecular weight excluding hydrogens is 463 g/mol. The smallest absolute Gasteiger partial charge is 0.253 e. The van der Waals surface area contributed by atoms with Gasteiger partial charge in [-0.2, -0.15) is 5.10 Å². The Labute approximate surface area is 188 Å². The fraction of sp³-hybridized carbons (Fsp3) is 0.261. The van der Waals surface area contributed by atoms with Crippen molar-refractivity contribution in [1.82, 2.24) is 14.7 Å². The molecule has 2 amide bonds. The van der Waals surface area contributed by atoms with Gasteiger partial charge in [0.1, 0.15) is 11.6 Å². The second kappa shape index (κ2) is 9.43. The molecule has 0 aliphatic carbocycles. The number of piperidine rings is 1. The zero-order valence-corrected chi connectivity index (χ0v) is 18.4. The first kappa shape index (κ1) is 21.2. The van der Waals surface area contributed by atoms with E-state index in [0.29, 0.717) is 43.9 Å². The summed E-state index contributed by atoms with van der Waals surface area (Å²) in [5, 5.41) is 7.30. The molecule has 1 N–H and O–H groups in total. The molecule has 0 bridgehead atoms. The van der Waals surface area contributed by atoms with Gasteiger partial charge in [0, 0.05) is 35.1 Å². The first-order valence-corrected chi connectivity index (χ1v) is 10.9. The lowest BCUT2D eigenvalue weighted by atomic mass is 9.95. The number of anilines is 1. The van der Waals surface area contributed by atoms with Crippen molar-refractivity contribution in [3.8, 4) is 0 Å². The molecule has 0 saturated carbocycles. The van der Waals surface area contributed by atoms with Gasteiger partial charge in [0.2, 0.25) is 5.91 Å². The largest absolute Gasteiger partial charge is 0.339 e. The number of likely N-dealkylation sites (tertiary alicyclic amines) is 1. The van der Waals surface area contributed by atoms with Crippen LogP contribution in [0.3, 0.4) is 0 Å². The zero-order chi connectivity index (χ0) is 21.8. The van der Waals surface area contributed by atoms with Crippen LogP contribution >= 0.6 is 15.9 Å². The molecule has 2 aromatic carbocycles. The van der Waals surface area contributed by atoms with Crippen LogP contribution in [0.4, 0.5) is 10.2 Å². The lowest BCUT2D eigenvalue weighted by molar-refractivity contribution is -0.121. The summed E-state index contributed by atoms with van der Waals surface area (Å²) in [6.45, 7) is 1.53. The van der Waals surface area contributed by atoms with Crippen LogP contribution in [0, 0.1) is 11.7 Å². The molecule has 0 spiro atoms.